The second-order valence-electron chi connectivity index (χ2n) is 3.58. The first-order valence-corrected chi connectivity index (χ1v) is 5.31. The first-order valence-electron chi connectivity index (χ1n) is 5.31. The van der Waals surface area contributed by atoms with Crippen molar-refractivity contribution < 1.29 is 0 Å². The summed E-state index contributed by atoms with van der Waals surface area (Å²) in [7, 11) is 0. The molecule has 1 aromatic carbocycles. The van der Waals surface area contributed by atoms with Gasteiger partial charge in [-0.15, -0.1) is 0 Å². The lowest BCUT2D eigenvalue weighted by molar-refractivity contribution is 0.913. The quantitative estimate of drug-likeness (QED) is 0.624. The number of hydrogen-bond acceptors (Lipinski definition) is 3. The van der Waals surface area contributed by atoms with E-state index in [1.165, 1.54) is 0 Å². The molecule has 0 amide bonds. The zero-order valence-electron chi connectivity index (χ0n) is 9.06. The van der Waals surface area contributed by atoms with Crippen molar-refractivity contribution in [3.8, 4) is 0 Å². The molecule has 0 aliphatic rings. The molecule has 0 aliphatic carbocycles. The van der Waals surface area contributed by atoms with Crippen LogP contribution in [0.1, 0.15) is 5.69 Å². The molecule has 4 nitrogen and oxygen atoms in total. The molecule has 0 N–H and O–H groups in total. The third-order valence-electron chi connectivity index (χ3n) is 2.44. The number of imidazole rings is 1. The monoisotopic (exact) mass is 222 g/mol. The van der Waals surface area contributed by atoms with E-state index in [1.807, 2.05) is 42.5 Å². The topological polar surface area (TPSA) is 43.1 Å². The Bertz CT molecular complexity index is 655. The molecule has 0 saturated heterocycles. The smallest absolute Gasteiger partial charge is 0.118 e. The minimum Gasteiger partial charge on any atom is -0.255 e. The van der Waals surface area contributed by atoms with Gasteiger partial charge >= 0.3 is 0 Å². The van der Waals surface area contributed by atoms with Crippen molar-refractivity contribution >= 4 is 17.2 Å². The van der Waals surface area contributed by atoms with Crippen LogP contribution in [0.25, 0.3) is 11.0 Å². The van der Waals surface area contributed by atoms with Crippen molar-refractivity contribution in [1.29, 1.82) is 0 Å². The summed E-state index contributed by atoms with van der Waals surface area (Å²) in [6.45, 7) is 0. The zero-order valence-corrected chi connectivity index (χ0v) is 9.06. The Labute approximate surface area is 98.3 Å². The molecular formula is C13H10N4. The molecule has 82 valence electrons. The van der Waals surface area contributed by atoms with E-state index in [0.717, 1.165) is 16.7 Å². The van der Waals surface area contributed by atoms with Crippen LogP contribution in [0.4, 0.5) is 0 Å². The van der Waals surface area contributed by atoms with Crippen LogP contribution in [0.3, 0.4) is 0 Å². The molecule has 17 heavy (non-hydrogen) atoms. The van der Waals surface area contributed by atoms with Crippen LogP contribution in [0.15, 0.2) is 60.1 Å². The summed E-state index contributed by atoms with van der Waals surface area (Å²) >= 11 is 0. The van der Waals surface area contributed by atoms with E-state index in [2.05, 4.69) is 15.1 Å². The van der Waals surface area contributed by atoms with Crippen molar-refractivity contribution in [1.82, 2.24) is 14.6 Å². The number of rotatable bonds is 2. The predicted octanol–water partition coefficient (Wildman–Crippen LogP) is 2.31. The molecule has 0 saturated carbocycles. The van der Waals surface area contributed by atoms with E-state index in [4.69, 9.17) is 0 Å². The summed E-state index contributed by atoms with van der Waals surface area (Å²) in [6, 6.07) is 13.6. The second-order valence-corrected chi connectivity index (χ2v) is 3.58. The number of para-hydroxylation sites is 2. The van der Waals surface area contributed by atoms with Gasteiger partial charge in [0.25, 0.3) is 0 Å². The highest BCUT2D eigenvalue weighted by molar-refractivity contribution is 5.79. The van der Waals surface area contributed by atoms with Crippen LogP contribution in [-0.2, 0) is 0 Å². The Morgan fingerprint density at radius 3 is 2.76 bits per heavy atom. The molecule has 0 radical (unpaired) electrons. The molecule has 0 aliphatic heterocycles. The van der Waals surface area contributed by atoms with E-state index < -0.39 is 0 Å². The number of fused-ring (bicyclic) bond motifs is 1. The molecule has 0 atom stereocenters. The predicted molar refractivity (Wildman–Crippen MR) is 67.0 cm³/mol. The molecule has 0 unspecified atom stereocenters. The summed E-state index contributed by atoms with van der Waals surface area (Å²) < 4.78 is 1.74. The Kier molecular flexibility index (Phi) is 2.38. The van der Waals surface area contributed by atoms with Gasteiger partial charge in [-0.25, -0.2) is 9.66 Å². The van der Waals surface area contributed by atoms with E-state index >= 15 is 0 Å². The number of aromatic nitrogens is 3. The largest absolute Gasteiger partial charge is 0.255 e. The van der Waals surface area contributed by atoms with Crippen LogP contribution in [0, 0.1) is 0 Å². The second kappa shape index (κ2) is 4.17. The van der Waals surface area contributed by atoms with Gasteiger partial charge in [-0.3, -0.25) is 4.98 Å². The normalized spacial score (nSPS) is 11.3. The van der Waals surface area contributed by atoms with Gasteiger partial charge in [-0.1, -0.05) is 18.2 Å². The fourth-order valence-electron chi connectivity index (χ4n) is 1.61. The molecule has 3 rings (SSSR count). The third-order valence-corrected chi connectivity index (χ3v) is 2.44. The van der Waals surface area contributed by atoms with Gasteiger partial charge in [0, 0.05) is 6.20 Å². The molecule has 0 fully saturated rings. The Morgan fingerprint density at radius 1 is 1.00 bits per heavy atom. The van der Waals surface area contributed by atoms with Crippen LogP contribution >= 0.6 is 0 Å². The maximum atomic E-state index is 4.33. The zero-order chi connectivity index (χ0) is 11.5. The fourth-order valence-corrected chi connectivity index (χ4v) is 1.61. The highest BCUT2D eigenvalue weighted by Gasteiger charge is 1.98. The lowest BCUT2D eigenvalue weighted by atomic mass is 10.3. The summed E-state index contributed by atoms with van der Waals surface area (Å²) in [5.74, 6) is 0. The van der Waals surface area contributed by atoms with Crippen molar-refractivity contribution in [2.24, 2.45) is 5.10 Å². The SMILES string of the molecule is C(=N\n1cnc2ccccc21)/c1ccccn1. The lowest BCUT2D eigenvalue weighted by Crippen LogP contribution is -1.90. The first kappa shape index (κ1) is 9.72. The van der Waals surface area contributed by atoms with Crippen LogP contribution in [-0.4, -0.2) is 20.9 Å². The average molecular weight is 222 g/mol. The van der Waals surface area contributed by atoms with Crippen molar-refractivity contribution in [2.45, 2.75) is 0 Å². The van der Waals surface area contributed by atoms with Crippen molar-refractivity contribution in [2.75, 3.05) is 0 Å². The van der Waals surface area contributed by atoms with Gasteiger partial charge in [-0.05, 0) is 24.3 Å². The summed E-state index contributed by atoms with van der Waals surface area (Å²) in [5, 5.41) is 4.33. The van der Waals surface area contributed by atoms with Crippen LogP contribution in [0.5, 0.6) is 0 Å². The third kappa shape index (κ3) is 1.92. The first-order chi connectivity index (χ1) is 8.43. The molecule has 3 aromatic rings. The molecular weight excluding hydrogens is 212 g/mol. The van der Waals surface area contributed by atoms with Crippen LogP contribution < -0.4 is 0 Å². The van der Waals surface area contributed by atoms with Crippen molar-refractivity contribution in [3.63, 3.8) is 0 Å². The van der Waals surface area contributed by atoms with Gasteiger partial charge in [0.1, 0.15) is 6.33 Å². The number of nitrogens with zero attached hydrogens (tertiary/aromatic N) is 4. The van der Waals surface area contributed by atoms with E-state index in [1.54, 1.807) is 23.4 Å². The van der Waals surface area contributed by atoms with Gasteiger partial charge in [0.2, 0.25) is 0 Å². The summed E-state index contributed by atoms with van der Waals surface area (Å²) in [4.78, 5) is 8.43. The number of benzene rings is 1. The van der Waals surface area contributed by atoms with Gasteiger partial charge in [-0.2, -0.15) is 5.10 Å². The average Bonchev–Trinajstić information content (AvgIpc) is 2.81. The van der Waals surface area contributed by atoms with E-state index in [0.29, 0.717) is 0 Å². The molecule has 2 aromatic heterocycles. The molecule has 0 bridgehead atoms. The summed E-state index contributed by atoms with van der Waals surface area (Å²) in [5.41, 5.74) is 2.75. The lowest BCUT2D eigenvalue weighted by Gasteiger charge is -1.94. The molecule has 4 heteroatoms. The van der Waals surface area contributed by atoms with Crippen LogP contribution in [0.2, 0.25) is 0 Å². The van der Waals surface area contributed by atoms with Crippen molar-refractivity contribution in [3.05, 3.63) is 60.7 Å². The fraction of sp³-hybridized carbons (Fsp3) is 0. The standard InChI is InChI=1S/C13H10N4/c1-2-7-13-12(6-1)15-10-17(13)16-9-11-5-3-4-8-14-11/h1-10H/b16-9+. The van der Waals surface area contributed by atoms with Gasteiger partial charge < -0.3 is 0 Å². The summed E-state index contributed by atoms with van der Waals surface area (Å²) in [6.07, 6.45) is 5.16. The Morgan fingerprint density at radius 2 is 1.88 bits per heavy atom. The Balaban J connectivity index is 1.98. The number of pyridine rings is 1. The van der Waals surface area contributed by atoms with Gasteiger partial charge in [0.05, 0.1) is 22.9 Å². The molecule has 2 heterocycles. The maximum Gasteiger partial charge on any atom is 0.118 e. The maximum absolute atomic E-state index is 4.33. The number of hydrogen-bond donors (Lipinski definition) is 0. The molecule has 0 spiro atoms. The Hall–Kier alpha value is -2.49. The van der Waals surface area contributed by atoms with Gasteiger partial charge in [0.15, 0.2) is 0 Å². The van der Waals surface area contributed by atoms with E-state index in [-0.39, 0.29) is 0 Å². The minimum absolute atomic E-state index is 0.824. The minimum atomic E-state index is 0.824. The highest BCUT2D eigenvalue weighted by Crippen LogP contribution is 2.11. The van der Waals surface area contributed by atoms with E-state index in [9.17, 15) is 0 Å². The highest BCUT2D eigenvalue weighted by atomic mass is 15.4.